The van der Waals surface area contributed by atoms with Gasteiger partial charge in [-0.1, -0.05) is 165 Å². The van der Waals surface area contributed by atoms with E-state index in [-0.39, 0.29) is 115 Å². The molecule has 0 aromatic carbocycles. The monoisotopic (exact) mass is 1980 g/mol. The van der Waals surface area contributed by atoms with Crippen LogP contribution in [0.4, 0.5) is 0 Å². The van der Waals surface area contributed by atoms with E-state index < -0.39 is 177 Å². The zero-order valence-electron chi connectivity index (χ0n) is 87.5. The third-order valence-corrected chi connectivity index (χ3v) is 30.9. The molecule has 6 aliphatic heterocycles. The Morgan fingerprint density at radius 2 is 0.819 bits per heavy atom. The van der Waals surface area contributed by atoms with Crippen molar-refractivity contribution in [1.82, 2.24) is 9.80 Å². The number of allylic oxidation sites excluding steroid dienone is 12. The van der Waals surface area contributed by atoms with Gasteiger partial charge in [0.1, 0.15) is 86.4 Å². The molecule has 0 aromatic heterocycles. The Balaban J connectivity index is 0.000000461. The zero-order chi connectivity index (χ0) is 103. The minimum Gasteiger partial charge on any atom is -0.460 e. The van der Waals surface area contributed by atoms with Gasteiger partial charge in [-0.3, -0.25) is 38.4 Å². The van der Waals surface area contributed by atoms with Crippen LogP contribution in [0.25, 0.3) is 0 Å². The summed E-state index contributed by atoms with van der Waals surface area (Å²) in [6, 6.07) is -2.28. The maximum atomic E-state index is 14.4. The second kappa shape index (κ2) is 59.7. The van der Waals surface area contributed by atoms with E-state index in [4.69, 9.17) is 47.4 Å². The molecule has 5 N–H and O–H groups in total. The van der Waals surface area contributed by atoms with Crippen LogP contribution in [0.2, 0.25) is 0 Å². The fourth-order valence-corrected chi connectivity index (χ4v) is 21.9. The van der Waals surface area contributed by atoms with E-state index >= 15 is 0 Å². The van der Waals surface area contributed by atoms with Crippen molar-refractivity contribution in [2.45, 2.75) is 374 Å². The number of fused-ring (bicyclic) bond motifs is 6. The lowest BCUT2D eigenvalue weighted by molar-refractivity contribution is -0.265. The van der Waals surface area contributed by atoms with Crippen molar-refractivity contribution >= 4 is 74.1 Å². The predicted molar refractivity (Wildman–Crippen MR) is 532 cm³/mol. The average molecular weight is 1980 g/mol. The summed E-state index contributed by atoms with van der Waals surface area (Å²) in [5.74, 6) is -15.9. The van der Waals surface area contributed by atoms with Gasteiger partial charge >= 0.3 is 27.5 Å². The molecule has 0 aromatic rings. The molecule has 780 valence electrons. The number of rotatable bonds is 13. The van der Waals surface area contributed by atoms with Gasteiger partial charge in [0.2, 0.25) is 11.6 Å². The van der Waals surface area contributed by atoms with Crippen LogP contribution in [0.15, 0.2) is 95.2 Å². The van der Waals surface area contributed by atoms with E-state index in [1.165, 1.54) is 24.0 Å². The van der Waals surface area contributed by atoms with Crippen molar-refractivity contribution in [3.8, 4) is 0 Å². The summed E-state index contributed by atoms with van der Waals surface area (Å²) in [6.07, 6.45) is 23.4. The van der Waals surface area contributed by atoms with E-state index in [1.807, 2.05) is 130 Å². The molecule has 2 aliphatic carbocycles. The van der Waals surface area contributed by atoms with Gasteiger partial charge in [-0.05, 0) is 214 Å². The van der Waals surface area contributed by atoms with E-state index in [2.05, 4.69) is 0 Å². The molecule has 4 saturated heterocycles. The van der Waals surface area contributed by atoms with E-state index in [0.717, 1.165) is 30.4 Å². The largest absolute Gasteiger partial charge is 0.460 e. The zero-order valence-corrected chi connectivity index (χ0v) is 89.3. The number of hydrogen-bond donors (Lipinski definition) is 5. The van der Waals surface area contributed by atoms with Crippen LogP contribution < -0.4 is 0 Å². The Labute approximate surface area is 825 Å². The summed E-state index contributed by atoms with van der Waals surface area (Å²) >= 11 is 0. The van der Waals surface area contributed by atoms with Crippen molar-refractivity contribution in [3.63, 3.8) is 0 Å². The molecule has 8 aliphatic rings. The number of aliphatic hydroxyl groups excluding tert-OH is 3. The highest BCUT2D eigenvalue weighted by Crippen LogP contribution is 2.45. The van der Waals surface area contributed by atoms with Crippen LogP contribution in [0.3, 0.4) is 0 Å². The summed E-state index contributed by atoms with van der Waals surface area (Å²) in [5, 5.41) is 57.3. The maximum Gasteiger partial charge on any atom is 0.341 e. The Hall–Kier alpha value is -6.50. The lowest BCUT2D eigenvalue weighted by Crippen LogP contribution is -2.61. The van der Waals surface area contributed by atoms with Crippen molar-refractivity contribution in [1.29, 1.82) is 0 Å². The molecule has 8 rings (SSSR count). The van der Waals surface area contributed by atoms with Crippen LogP contribution in [-0.2, 0) is 104 Å². The van der Waals surface area contributed by atoms with Gasteiger partial charge in [-0.2, -0.15) is 0 Å². The van der Waals surface area contributed by atoms with Crippen LogP contribution in [0.5, 0.6) is 0 Å². The third kappa shape index (κ3) is 35.5. The molecular formula is C107H172N2O27P2+2. The molecule has 0 spiro atoms. The standard InChI is InChI=1S/C52H81NO13P.C51H79NO13.C2H6OP.C2H6/c1-31-17-13-12-14-18-32(2)42(62-8)29-39-22-20-37(7)52(60,66-39)49(57)50(58)53-24-16-15-19-40(53)51(59)65-43(34(4)27-38-21-23-45(67(11)61)44(28-38)63-9)30-41(54)33(3)26-36(6)47(56)48(64-10)46(55)35(5)25-31;1-30-16-12-11-13-17-31(2)42(61-8)28-38-21-19-36(7)51(60,65-38)48(57)49(58)52-23-15-14-18-39(52)50(59)64-43(33(4)26-37-20-22-40(53)44(27-37)62-9)29-41(54)32(3)25-35(6)46(56)47(63-10)45(55)34(5)24-30;1-4(2)3;1-2/h12-14,17-18,26,31,33-35,37-40,42-45,47-48,56,60H,15-16,19-25,27-30H2,1-11H3;11-13,16-17,25,30,32-34,36-40,42-44,46-47,53,56,60H,14-15,18-24,26-29H2,1-10H3;1-2H3;1-2H3/q+1;;+1;/b14-12?,17-13+,32-18?,36-26+;13-11?,16-12+,31-17?,35-25+;;/t31-,33-,34-,35-,37-,38+,39+,40?,42+,43+,44-,45?,47-,48+,52-;30-,32-,33-,34-,36-,37+,38+,39?,40?,42+,43+,44-,46-,47+,51-;;/m11../s1. The predicted octanol–water partition coefficient (Wildman–Crippen LogP) is 15.9. The Morgan fingerprint density at radius 3 is 1.17 bits per heavy atom. The maximum absolute atomic E-state index is 14.4. The van der Waals surface area contributed by atoms with Crippen LogP contribution >= 0.6 is 15.6 Å². The van der Waals surface area contributed by atoms with Gasteiger partial charge in [0.05, 0.1) is 36.6 Å². The van der Waals surface area contributed by atoms with Crippen LogP contribution in [0.1, 0.15) is 265 Å². The summed E-state index contributed by atoms with van der Waals surface area (Å²) in [4.78, 5) is 144. The van der Waals surface area contributed by atoms with E-state index in [0.29, 0.717) is 120 Å². The average Bonchev–Trinajstić information content (AvgIpc) is 0.774. The smallest absolute Gasteiger partial charge is 0.341 e. The van der Waals surface area contributed by atoms with E-state index in [1.54, 1.807) is 102 Å². The lowest BCUT2D eigenvalue weighted by Gasteiger charge is -2.42. The molecule has 6 heterocycles. The lowest BCUT2D eigenvalue weighted by atomic mass is 9.78. The number of nitrogens with zero attached hydrogens (tertiary/aromatic N) is 2. The number of aliphatic hydroxyl groups is 5. The second-order valence-electron chi connectivity index (χ2n) is 40.5. The summed E-state index contributed by atoms with van der Waals surface area (Å²) < 4.78 is 81.2. The Morgan fingerprint density at radius 1 is 0.449 bits per heavy atom. The van der Waals surface area contributed by atoms with Gasteiger partial charge in [0.15, 0.2) is 17.2 Å². The molecule has 138 heavy (non-hydrogen) atoms. The molecule has 31 atom stereocenters. The number of Topliss-reactive ketones (excluding diaryl/α,β-unsaturated/α-hetero) is 6. The number of carbonyl (C=O) groups is 10. The minimum atomic E-state index is -2.43. The molecule has 0 radical (unpaired) electrons. The van der Waals surface area contributed by atoms with Gasteiger partial charge < -0.3 is 82.7 Å². The first-order chi connectivity index (χ1) is 65.1. The Bertz CT molecular complexity index is 4240. The van der Waals surface area contributed by atoms with Gasteiger partial charge in [0.25, 0.3) is 23.4 Å². The first kappa shape index (κ1) is 122. The highest BCUT2D eigenvalue weighted by Gasteiger charge is 2.56. The molecule has 5 unspecified atom stereocenters. The fraction of sp³-hybridized carbons (Fsp3) is 0.757. The van der Waals surface area contributed by atoms with Crippen LogP contribution in [-0.4, -0.2) is 278 Å². The number of amides is 2. The number of carbonyl (C=O) groups excluding carboxylic acids is 10. The molecule has 4 bridgehead atoms. The van der Waals surface area contributed by atoms with Crippen molar-refractivity contribution < 1.29 is 130 Å². The summed E-state index contributed by atoms with van der Waals surface area (Å²) in [5.41, 5.74) is 2.48. The second-order valence-corrected chi connectivity index (χ2v) is 43.9. The van der Waals surface area contributed by atoms with Crippen molar-refractivity contribution in [3.05, 3.63) is 95.2 Å². The van der Waals surface area contributed by atoms with Gasteiger partial charge in [0, 0.05) is 117 Å². The number of ether oxygens (including phenoxy) is 10. The number of hydrogen-bond acceptors (Lipinski definition) is 27. The highest BCUT2D eigenvalue weighted by molar-refractivity contribution is 7.44. The molecule has 6 fully saturated rings. The first-order valence-electron chi connectivity index (χ1n) is 50.6. The summed E-state index contributed by atoms with van der Waals surface area (Å²) in [6.45, 7) is 34.6. The first-order valence-corrected chi connectivity index (χ1v) is 54.5. The molecular weight excluding hydrogens is 1810 g/mol. The third-order valence-electron chi connectivity index (χ3n) is 29.4. The molecule has 29 nitrogen and oxygen atoms in total. The fourth-order valence-electron chi connectivity index (χ4n) is 20.6. The minimum absolute atomic E-state index is 0.0171. The quantitative estimate of drug-likeness (QED) is 0.0495. The van der Waals surface area contributed by atoms with E-state index in [9.17, 15) is 82.6 Å². The number of cyclic esters (lactones) is 2. The number of esters is 2. The molecule has 2 amide bonds. The Kier molecular flexibility index (Phi) is 52.7. The molecule has 31 heteroatoms. The normalized spacial score (nSPS) is 37.4. The number of piperidine rings is 2. The SMILES string of the molecule is CC.CO[C@H]1C[C@@H]2CC[C@@H](C)[C@@](O)(O2)C(=O)C(=O)N2CCCCC2C(=O)O[C@H]([C@H](C)C[C@@H]2CCC(O)[C@H](OC)C2)CC(=O)[C@H](C)/C=C(\C)[C@@H](O)[C@@H](OC)C(=O)[C@H](C)C[C@H](C)/C=C/C=CC=C1C.CO[C@H]1C[C@@H]2CC[C@@H](C)[C@@](O)(O2)C(=O)C(=O)N2CCCCC2C(=O)O[C@H]([C@H](C)C[C@@H]2CCC([P+](C)=O)[C@H](OC)C2)CC(=O)[C@H](C)/C=C(\C)[C@@H](O)[C@@H](OC)C(=O)[C@H](C)C[C@H](C)/C=C/C=CC=C1C.C[P+](C)=O. The van der Waals surface area contributed by atoms with Gasteiger partial charge in [-0.25, -0.2) is 9.59 Å². The van der Waals surface area contributed by atoms with Crippen LogP contribution in [0, 0.1) is 71.0 Å². The highest BCUT2D eigenvalue weighted by atomic mass is 31.1. The van der Waals surface area contributed by atoms with Gasteiger partial charge in [-0.15, -0.1) is 0 Å². The topological polar surface area (TPSA) is 405 Å². The van der Waals surface area contributed by atoms with Crippen molar-refractivity contribution in [2.24, 2.45) is 71.0 Å². The van der Waals surface area contributed by atoms with Crippen molar-refractivity contribution in [2.75, 3.05) is 75.7 Å². The summed E-state index contributed by atoms with van der Waals surface area (Å²) in [7, 11) is 6.78. The molecule has 2 saturated carbocycles. The number of ketones is 6. The number of methoxy groups -OCH3 is 6.